The summed E-state index contributed by atoms with van der Waals surface area (Å²) in [5, 5.41) is 15.8. The Bertz CT molecular complexity index is 451. The molecular weight excluding hydrogens is 204 g/mol. The van der Waals surface area contributed by atoms with E-state index in [1.165, 1.54) is 12.4 Å². The number of pyridine rings is 1. The van der Waals surface area contributed by atoms with Gasteiger partial charge in [0.05, 0.1) is 5.02 Å². The molecule has 0 radical (unpaired) electrons. The molecule has 72 valence electrons. The van der Waals surface area contributed by atoms with E-state index in [1.54, 1.807) is 19.1 Å². The minimum atomic E-state index is 0.442. The summed E-state index contributed by atoms with van der Waals surface area (Å²) in [6, 6.07) is 3.28. The first-order chi connectivity index (χ1) is 6.66. The van der Waals surface area contributed by atoms with Gasteiger partial charge in [-0.2, -0.15) is 4.85 Å². The molecule has 2 aromatic rings. The summed E-state index contributed by atoms with van der Waals surface area (Å²) in [7, 11) is 0. The topological polar surface area (TPSA) is 57.6 Å². The Morgan fingerprint density at radius 2 is 2.29 bits per heavy atom. The van der Waals surface area contributed by atoms with E-state index >= 15 is 0 Å². The van der Waals surface area contributed by atoms with Crippen molar-refractivity contribution in [3.8, 4) is 5.82 Å². The van der Waals surface area contributed by atoms with Crippen LogP contribution in [0.1, 0.15) is 5.69 Å². The van der Waals surface area contributed by atoms with Gasteiger partial charge in [-0.25, -0.2) is 4.98 Å². The van der Waals surface area contributed by atoms with E-state index < -0.39 is 0 Å². The van der Waals surface area contributed by atoms with Crippen molar-refractivity contribution in [3.63, 3.8) is 0 Å². The second-order valence-electron chi connectivity index (χ2n) is 2.80. The molecule has 0 atom stereocenters. The lowest BCUT2D eigenvalue weighted by Crippen LogP contribution is -2.36. The molecule has 14 heavy (non-hydrogen) atoms. The van der Waals surface area contributed by atoms with Crippen molar-refractivity contribution < 1.29 is 4.85 Å². The van der Waals surface area contributed by atoms with Crippen molar-refractivity contribution in [2.45, 2.75) is 6.92 Å². The molecule has 0 aliphatic rings. The van der Waals surface area contributed by atoms with E-state index in [1.807, 2.05) is 0 Å². The zero-order valence-corrected chi connectivity index (χ0v) is 8.14. The first kappa shape index (κ1) is 8.96. The zero-order chi connectivity index (χ0) is 10.1. The maximum atomic E-state index is 11.3. The van der Waals surface area contributed by atoms with Gasteiger partial charge in [-0.05, 0) is 12.1 Å². The molecule has 0 unspecified atom stereocenters. The molecule has 0 aromatic carbocycles. The monoisotopic (exact) mass is 210 g/mol. The van der Waals surface area contributed by atoms with Gasteiger partial charge in [-0.15, -0.1) is 0 Å². The number of rotatable bonds is 1. The number of hydrogen-bond acceptors (Lipinski definition) is 3. The van der Waals surface area contributed by atoms with Crippen LogP contribution in [0, 0.1) is 12.1 Å². The number of halogens is 1. The molecule has 0 fully saturated rings. The summed E-state index contributed by atoms with van der Waals surface area (Å²) >= 11 is 5.67. The maximum absolute atomic E-state index is 11.3. The number of hydrogen-bond donors (Lipinski definition) is 0. The highest BCUT2D eigenvalue weighted by Crippen LogP contribution is 2.07. The van der Waals surface area contributed by atoms with Gasteiger partial charge in [0.25, 0.3) is 0 Å². The molecule has 0 aliphatic carbocycles. The summed E-state index contributed by atoms with van der Waals surface area (Å²) in [4.78, 5) is 5.75. The fourth-order valence-corrected chi connectivity index (χ4v) is 1.18. The van der Waals surface area contributed by atoms with Crippen molar-refractivity contribution in [2.75, 3.05) is 0 Å². The molecule has 0 N–H and O–H groups in total. The third kappa shape index (κ3) is 1.54. The molecule has 2 aromatic heterocycles. The summed E-state index contributed by atoms with van der Waals surface area (Å²) in [5.41, 5.74) is 0.636. The summed E-state index contributed by atoms with van der Waals surface area (Å²) in [6.07, 6.45) is 2.84. The highest BCUT2D eigenvalue weighted by atomic mass is 35.5. The smallest absolute Gasteiger partial charge is 0.217 e. The van der Waals surface area contributed by atoms with Gasteiger partial charge >= 0.3 is 0 Å². The first-order valence-electron chi connectivity index (χ1n) is 3.95. The average molecular weight is 211 g/mol. The van der Waals surface area contributed by atoms with Gasteiger partial charge in [0.1, 0.15) is 0 Å². The predicted octanol–water partition coefficient (Wildman–Crippen LogP) is 0.863. The van der Waals surface area contributed by atoms with Crippen LogP contribution in [0.2, 0.25) is 5.02 Å². The van der Waals surface area contributed by atoms with Gasteiger partial charge < -0.3 is 5.21 Å². The van der Waals surface area contributed by atoms with E-state index in [-0.39, 0.29) is 0 Å². The molecule has 6 heteroatoms. The fraction of sp³-hybridized carbons (Fsp3) is 0.125. The van der Waals surface area contributed by atoms with Crippen molar-refractivity contribution in [2.24, 2.45) is 0 Å². The predicted molar refractivity (Wildman–Crippen MR) is 50.1 cm³/mol. The van der Waals surface area contributed by atoms with Gasteiger partial charge in [-0.3, -0.25) is 0 Å². The van der Waals surface area contributed by atoms with Crippen molar-refractivity contribution in [1.29, 1.82) is 0 Å². The van der Waals surface area contributed by atoms with Crippen LogP contribution in [0.5, 0.6) is 0 Å². The molecule has 0 bridgehead atoms. The second-order valence-corrected chi connectivity index (χ2v) is 3.23. The van der Waals surface area contributed by atoms with Crippen molar-refractivity contribution in [1.82, 2.24) is 14.9 Å². The van der Waals surface area contributed by atoms with Crippen LogP contribution in [-0.4, -0.2) is 14.9 Å². The number of aromatic nitrogens is 4. The Hall–Kier alpha value is -1.62. The lowest BCUT2D eigenvalue weighted by Gasteiger charge is -2.00. The van der Waals surface area contributed by atoms with Crippen LogP contribution in [0.3, 0.4) is 0 Å². The molecule has 0 saturated heterocycles. The van der Waals surface area contributed by atoms with Gasteiger partial charge in [0.15, 0.2) is 6.20 Å². The fourth-order valence-electron chi connectivity index (χ4n) is 1.07. The van der Waals surface area contributed by atoms with Crippen LogP contribution < -0.4 is 4.85 Å². The summed E-state index contributed by atoms with van der Waals surface area (Å²) < 4.78 is 0. The van der Waals surface area contributed by atoms with Gasteiger partial charge in [-0.1, -0.05) is 11.6 Å². The van der Waals surface area contributed by atoms with Crippen LogP contribution >= 0.6 is 11.6 Å². The Balaban J connectivity index is 2.49. The molecule has 0 spiro atoms. The van der Waals surface area contributed by atoms with Crippen LogP contribution in [0.4, 0.5) is 0 Å². The standard InChI is InChI=1S/C8H7ClN4O/c1-6-5-12(14)13(11-6)8-3-2-7(9)4-10-8/h2-5H,1H3. The highest BCUT2D eigenvalue weighted by Gasteiger charge is 2.10. The zero-order valence-electron chi connectivity index (χ0n) is 7.38. The third-order valence-electron chi connectivity index (χ3n) is 1.65. The molecule has 0 amide bonds. The number of aryl methyl sites for hydroxylation is 1. The van der Waals surface area contributed by atoms with E-state index in [9.17, 15) is 5.21 Å². The minimum Gasteiger partial charge on any atom is -0.692 e. The lowest BCUT2D eigenvalue weighted by molar-refractivity contribution is -0.689. The van der Waals surface area contributed by atoms with E-state index in [0.717, 1.165) is 4.80 Å². The second kappa shape index (κ2) is 3.26. The highest BCUT2D eigenvalue weighted by molar-refractivity contribution is 6.30. The summed E-state index contributed by atoms with van der Waals surface area (Å²) in [5.74, 6) is 0.442. The van der Waals surface area contributed by atoms with Crippen LogP contribution in [-0.2, 0) is 0 Å². The van der Waals surface area contributed by atoms with Crippen LogP contribution in [0.15, 0.2) is 24.5 Å². The van der Waals surface area contributed by atoms with Crippen molar-refractivity contribution >= 4 is 11.6 Å². The largest absolute Gasteiger partial charge is 0.692 e. The Morgan fingerprint density at radius 1 is 1.50 bits per heavy atom. The van der Waals surface area contributed by atoms with Crippen molar-refractivity contribution in [3.05, 3.63) is 40.5 Å². The first-order valence-corrected chi connectivity index (χ1v) is 4.32. The van der Waals surface area contributed by atoms with Gasteiger partial charge in [0.2, 0.25) is 11.5 Å². The third-order valence-corrected chi connectivity index (χ3v) is 1.88. The summed E-state index contributed by atoms with van der Waals surface area (Å²) in [6.45, 7) is 1.74. The molecule has 0 aliphatic heterocycles. The quantitative estimate of drug-likeness (QED) is 0.518. The maximum Gasteiger partial charge on any atom is 0.217 e. The molecule has 2 rings (SSSR count). The molecule has 0 saturated carbocycles. The van der Waals surface area contributed by atoms with Crippen LogP contribution in [0.25, 0.3) is 5.82 Å². The Labute approximate surface area is 85.1 Å². The minimum absolute atomic E-state index is 0.442. The lowest BCUT2D eigenvalue weighted by atomic mass is 10.5. The average Bonchev–Trinajstić information content (AvgIpc) is 2.47. The van der Waals surface area contributed by atoms with E-state index in [4.69, 9.17) is 11.6 Å². The molecule has 2 heterocycles. The molecular formula is C8H7ClN4O. The van der Waals surface area contributed by atoms with Gasteiger partial charge in [0, 0.05) is 23.0 Å². The van der Waals surface area contributed by atoms with E-state index in [2.05, 4.69) is 10.1 Å². The SMILES string of the molecule is Cc1c[n+]([O-])n(-c2ccc(Cl)cn2)n1. The normalized spacial score (nSPS) is 10.4. The number of nitrogens with zero attached hydrogens (tertiary/aromatic N) is 4. The Morgan fingerprint density at radius 3 is 2.79 bits per heavy atom. The van der Waals surface area contributed by atoms with E-state index in [0.29, 0.717) is 21.4 Å². The molecule has 5 nitrogen and oxygen atoms in total. The Kier molecular flexibility index (Phi) is 2.09.